The molecule has 1 unspecified atom stereocenters. The van der Waals surface area contributed by atoms with E-state index in [1.165, 1.54) is 0 Å². The first-order chi connectivity index (χ1) is 9.71. The Balaban J connectivity index is 4.55. The lowest BCUT2D eigenvalue weighted by molar-refractivity contribution is -0.144. The Morgan fingerprint density at radius 2 is 1.86 bits per heavy atom. The molecule has 21 heavy (non-hydrogen) atoms. The summed E-state index contributed by atoms with van der Waals surface area (Å²) in [6.07, 6.45) is 1.57. The molecule has 0 saturated heterocycles. The standard InChI is InChI=1S/C16H35N3O2/c1-7-9-17-16(4,15(20)21)8-10-19(13-14(2)3)12-11-18(5)6/h14,17H,7-13H2,1-6H3,(H,20,21). The lowest BCUT2D eigenvalue weighted by atomic mass is 9.97. The van der Waals surface area contributed by atoms with E-state index in [2.05, 4.69) is 50.0 Å². The Morgan fingerprint density at radius 1 is 1.24 bits per heavy atom. The average molecular weight is 301 g/mol. The molecule has 5 heteroatoms. The summed E-state index contributed by atoms with van der Waals surface area (Å²) in [5.41, 5.74) is -0.830. The number of likely N-dealkylation sites (N-methyl/N-ethyl adjacent to an activating group) is 1. The number of carboxylic acid groups (broad SMARTS) is 1. The van der Waals surface area contributed by atoms with Crippen molar-refractivity contribution in [1.29, 1.82) is 0 Å². The first-order valence-electron chi connectivity index (χ1n) is 8.06. The van der Waals surface area contributed by atoms with Crippen LogP contribution in [-0.2, 0) is 4.79 Å². The molecule has 0 rings (SSSR count). The van der Waals surface area contributed by atoms with E-state index in [4.69, 9.17) is 0 Å². The fourth-order valence-corrected chi connectivity index (χ4v) is 2.21. The van der Waals surface area contributed by atoms with Crippen LogP contribution in [0, 0.1) is 5.92 Å². The van der Waals surface area contributed by atoms with Gasteiger partial charge in [-0.15, -0.1) is 0 Å². The number of hydrogen-bond acceptors (Lipinski definition) is 4. The van der Waals surface area contributed by atoms with Crippen molar-refractivity contribution in [2.24, 2.45) is 5.92 Å². The minimum Gasteiger partial charge on any atom is -0.480 e. The number of nitrogens with zero attached hydrogens (tertiary/aromatic N) is 2. The summed E-state index contributed by atoms with van der Waals surface area (Å²) in [5, 5.41) is 12.7. The molecule has 0 heterocycles. The van der Waals surface area contributed by atoms with E-state index in [0.29, 0.717) is 12.3 Å². The second-order valence-corrected chi connectivity index (χ2v) is 6.81. The molecular formula is C16H35N3O2. The number of rotatable bonds is 12. The van der Waals surface area contributed by atoms with E-state index in [-0.39, 0.29) is 0 Å². The van der Waals surface area contributed by atoms with Crippen molar-refractivity contribution in [1.82, 2.24) is 15.1 Å². The van der Waals surface area contributed by atoms with Crippen LogP contribution >= 0.6 is 0 Å². The second-order valence-electron chi connectivity index (χ2n) is 6.81. The number of aliphatic carboxylic acids is 1. The average Bonchev–Trinajstić information content (AvgIpc) is 2.38. The van der Waals surface area contributed by atoms with Gasteiger partial charge in [0, 0.05) is 26.2 Å². The number of carboxylic acids is 1. The van der Waals surface area contributed by atoms with Gasteiger partial charge in [0.2, 0.25) is 0 Å². The molecule has 1 atom stereocenters. The summed E-state index contributed by atoms with van der Waals surface area (Å²) in [5.74, 6) is -0.167. The quantitative estimate of drug-likeness (QED) is 0.575. The summed E-state index contributed by atoms with van der Waals surface area (Å²) in [7, 11) is 4.13. The zero-order valence-electron chi connectivity index (χ0n) is 14.8. The largest absolute Gasteiger partial charge is 0.480 e. The van der Waals surface area contributed by atoms with Gasteiger partial charge >= 0.3 is 5.97 Å². The number of nitrogens with one attached hydrogen (secondary N) is 1. The number of carbonyl (C=O) groups is 1. The molecule has 0 aliphatic heterocycles. The lowest BCUT2D eigenvalue weighted by Gasteiger charge is -2.31. The van der Waals surface area contributed by atoms with Crippen LogP contribution in [0.4, 0.5) is 0 Å². The fraction of sp³-hybridized carbons (Fsp3) is 0.938. The highest BCUT2D eigenvalue weighted by Gasteiger charge is 2.32. The Hall–Kier alpha value is -0.650. The fourth-order valence-electron chi connectivity index (χ4n) is 2.21. The molecule has 5 nitrogen and oxygen atoms in total. The number of hydrogen-bond donors (Lipinski definition) is 2. The van der Waals surface area contributed by atoms with Gasteiger partial charge in [-0.2, -0.15) is 0 Å². The van der Waals surface area contributed by atoms with E-state index >= 15 is 0 Å². The van der Waals surface area contributed by atoms with Crippen molar-refractivity contribution >= 4 is 5.97 Å². The van der Waals surface area contributed by atoms with Crippen molar-refractivity contribution in [2.45, 2.75) is 46.1 Å². The van der Waals surface area contributed by atoms with Crippen LogP contribution in [0.3, 0.4) is 0 Å². The van der Waals surface area contributed by atoms with Gasteiger partial charge in [0.15, 0.2) is 0 Å². The molecule has 0 amide bonds. The molecule has 0 fully saturated rings. The predicted molar refractivity (Wildman–Crippen MR) is 88.8 cm³/mol. The molecular weight excluding hydrogens is 266 g/mol. The van der Waals surface area contributed by atoms with E-state index in [1.807, 2.05) is 0 Å². The minimum absolute atomic E-state index is 0.590. The maximum Gasteiger partial charge on any atom is 0.323 e. The summed E-state index contributed by atoms with van der Waals surface area (Å²) in [4.78, 5) is 16.1. The van der Waals surface area contributed by atoms with Gasteiger partial charge in [-0.3, -0.25) is 4.79 Å². The van der Waals surface area contributed by atoms with Crippen molar-refractivity contribution in [3.63, 3.8) is 0 Å². The topological polar surface area (TPSA) is 55.8 Å². The maximum absolute atomic E-state index is 11.5. The lowest BCUT2D eigenvalue weighted by Crippen LogP contribution is -2.52. The second kappa shape index (κ2) is 10.1. The minimum atomic E-state index is -0.830. The molecule has 2 N–H and O–H groups in total. The van der Waals surface area contributed by atoms with Crippen LogP contribution in [-0.4, -0.2) is 73.2 Å². The van der Waals surface area contributed by atoms with Crippen LogP contribution in [0.5, 0.6) is 0 Å². The van der Waals surface area contributed by atoms with Crippen LogP contribution in [0.2, 0.25) is 0 Å². The van der Waals surface area contributed by atoms with Gasteiger partial charge in [-0.1, -0.05) is 20.8 Å². The van der Waals surface area contributed by atoms with E-state index < -0.39 is 11.5 Å². The third kappa shape index (κ3) is 9.06. The van der Waals surface area contributed by atoms with Crippen molar-refractivity contribution in [3.8, 4) is 0 Å². The Bertz CT molecular complexity index is 295. The first-order valence-corrected chi connectivity index (χ1v) is 8.06. The van der Waals surface area contributed by atoms with Crippen molar-refractivity contribution < 1.29 is 9.90 Å². The van der Waals surface area contributed by atoms with Gasteiger partial charge in [-0.05, 0) is 46.3 Å². The monoisotopic (exact) mass is 301 g/mol. The van der Waals surface area contributed by atoms with Crippen LogP contribution in [0.25, 0.3) is 0 Å². The molecule has 0 aromatic carbocycles. The highest BCUT2D eigenvalue weighted by atomic mass is 16.4. The van der Waals surface area contributed by atoms with Gasteiger partial charge in [0.25, 0.3) is 0 Å². The molecule has 0 bridgehead atoms. The van der Waals surface area contributed by atoms with Crippen LogP contribution in [0.1, 0.15) is 40.5 Å². The summed E-state index contributed by atoms with van der Waals surface area (Å²) in [6, 6.07) is 0. The SMILES string of the molecule is CCCNC(C)(CCN(CCN(C)C)CC(C)C)C(=O)O. The molecule has 0 spiro atoms. The highest BCUT2D eigenvalue weighted by Crippen LogP contribution is 2.12. The summed E-state index contributed by atoms with van der Waals surface area (Å²) < 4.78 is 0. The molecule has 0 aromatic rings. The van der Waals surface area contributed by atoms with Gasteiger partial charge in [-0.25, -0.2) is 0 Å². The van der Waals surface area contributed by atoms with E-state index in [9.17, 15) is 9.90 Å². The predicted octanol–water partition coefficient (Wildman–Crippen LogP) is 1.74. The maximum atomic E-state index is 11.5. The molecule has 0 aromatic heterocycles. The summed E-state index contributed by atoms with van der Waals surface area (Å²) in [6.45, 7) is 12.8. The Morgan fingerprint density at radius 3 is 2.29 bits per heavy atom. The third-order valence-electron chi connectivity index (χ3n) is 3.65. The smallest absolute Gasteiger partial charge is 0.323 e. The summed E-state index contributed by atoms with van der Waals surface area (Å²) >= 11 is 0. The molecule has 0 saturated carbocycles. The molecule has 126 valence electrons. The normalized spacial score (nSPS) is 14.9. The highest BCUT2D eigenvalue weighted by molar-refractivity contribution is 5.78. The Labute approximate surface area is 130 Å². The Kier molecular flexibility index (Phi) is 9.83. The molecule has 0 radical (unpaired) electrons. The molecule has 0 aliphatic rings. The third-order valence-corrected chi connectivity index (χ3v) is 3.65. The van der Waals surface area contributed by atoms with Crippen LogP contribution in [0.15, 0.2) is 0 Å². The van der Waals surface area contributed by atoms with Crippen LogP contribution < -0.4 is 5.32 Å². The zero-order valence-corrected chi connectivity index (χ0v) is 14.8. The molecule has 0 aliphatic carbocycles. The van der Waals surface area contributed by atoms with E-state index in [1.54, 1.807) is 6.92 Å². The van der Waals surface area contributed by atoms with Gasteiger partial charge in [0.1, 0.15) is 5.54 Å². The van der Waals surface area contributed by atoms with Gasteiger partial charge in [0.05, 0.1) is 0 Å². The van der Waals surface area contributed by atoms with Gasteiger partial charge < -0.3 is 20.2 Å². The zero-order chi connectivity index (χ0) is 16.5. The van der Waals surface area contributed by atoms with E-state index in [0.717, 1.165) is 39.1 Å². The first kappa shape index (κ1) is 20.3. The van der Waals surface area contributed by atoms with Crippen molar-refractivity contribution in [2.75, 3.05) is 46.8 Å². The van der Waals surface area contributed by atoms with Crippen molar-refractivity contribution in [3.05, 3.63) is 0 Å².